The Morgan fingerprint density at radius 2 is 1.88 bits per heavy atom. The summed E-state index contributed by atoms with van der Waals surface area (Å²) in [6.45, 7) is 0.631. The fourth-order valence-electron chi connectivity index (χ4n) is 2.39. The number of benzene rings is 2. The van der Waals surface area contributed by atoms with Gasteiger partial charge in [0, 0.05) is 10.9 Å². The van der Waals surface area contributed by atoms with Gasteiger partial charge in [0.1, 0.15) is 23.5 Å². The van der Waals surface area contributed by atoms with Crippen molar-refractivity contribution in [1.82, 2.24) is 0 Å². The Morgan fingerprint density at radius 1 is 0.941 bits per heavy atom. The third kappa shape index (κ3) is 1.15. The average Bonchev–Trinajstić information content (AvgIpc) is 2.77. The summed E-state index contributed by atoms with van der Waals surface area (Å²) in [5, 5.41) is 2.21. The van der Waals surface area contributed by atoms with Gasteiger partial charge in [-0.25, -0.2) is 0 Å². The zero-order valence-electron chi connectivity index (χ0n) is 9.14. The summed E-state index contributed by atoms with van der Waals surface area (Å²) in [5.41, 5.74) is 2.92. The minimum atomic E-state index is 0.631. The number of hydrogen-bond acceptors (Lipinski definition) is 2. The van der Waals surface area contributed by atoms with E-state index in [0.29, 0.717) is 6.61 Å². The Morgan fingerprint density at radius 3 is 2.88 bits per heavy atom. The smallest absolute Gasteiger partial charge is 0.139 e. The van der Waals surface area contributed by atoms with E-state index < -0.39 is 0 Å². The molecule has 2 aromatic carbocycles. The lowest BCUT2D eigenvalue weighted by Crippen LogP contribution is -2.00. The zero-order valence-corrected chi connectivity index (χ0v) is 9.14. The predicted molar refractivity (Wildman–Crippen MR) is 68.2 cm³/mol. The Balaban J connectivity index is 2.24. The fraction of sp³-hybridized carbons (Fsp3) is 0.0667. The molecule has 1 aromatic heterocycles. The minimum Gasteiger partial charge on any atom is -0.488 e. The van der Waals surface area contributed by atoms with Gasteiger partial charge in [0.2, 0.25) is 0 Å². The minimum absolute atomic E-state index is 0.631. The number of hydrogen-bond donors (Lipinski definition) is 0. The molecule has 2 heterocycles. The molecule has 0 N–H and O–H groups in total. The zero-order chi connectivity index (χ0) is 11.2. The molecule has 0 fully saturated rings. The quantitative estimate of drug-likeness (QED) is 0.573. The Kier molecular flexibility index (Phi) is 1.64. The van der Waals surface area contributed by atoms with Gasteiger partial charge >= 0.3 is 0 Å². The molecule has 0 unspecified atom stereocenters. The highest BCUT2D eigenvalue weighted by Gasteiger charge is 2.15. The van der Waals surface area contributed by atoms with Crippen LogP contribution in [0.4, 0.5) is 0 Å². The molecule has 2 nitrogen and oxygen atoms in total. The molecule has 2 heteroatoms. The van der Waals surface area contributed by atoms with Gasteiger partial charge in [-0.05, 0) is 24.3 Å². The maximum atomic E-state index is 5.81. The molecule has 1 aliphatic heterocycles. The van der Waals surface area contributed by atoms with Crippen molar-refractivity contribution in [2.24, 2.45) is 0 Å². The molecule has 0 aliphatic carbocycles. The molecule has 82 valence electrons. The van der Waals surface area contributed by atoms with Gasteiger partial charge in [-0.3, -0.25) is 0 Å². The van der Waals surface area contributed by atoms with Crippen LogP contribution in [-0.4, -0.2) is 6.61 Å². The van der Waals surface area contributed by atoms with Crippen LogP contribution in [0.2, 0.25) is 0 Å². The molecular formula is C15H10O2. The van der Waals surface area contributed by atoms with E-state index in [1.165, 1.54) is 0 Å². The highest BCUT2D eigenvalue weighted by atomic mass is 16.5. The van der Waals surface area contributed by atoms with Crippen LogP contribution in [0.15, 0.2) is 46.9 Å². The summed E-state index contributed by atoms with van der Waals surface area (Å²) in [6.07, 6.45) is 4.12. The first-order chi connectivity index (χ1) is 8.43. The second-order valence-electron chi connectivity index (χ2n) is 4.17. The first-order valence-electron chi connectivity index (χ1n) is 5.67. The van der Waals surface area contributed by atoms with Crippen molar-refractivity contribution < 1.29 is 9.15 Å². The summed E-state index contributed by atoms with van der Waals surface area (Å²) < 4.78 is 11.6. The molecule has 1 aliphatic rings. The molecule has 0 saturated carbocycles. The molecule has 0 bridgehead atoms. The third-order valence-corrected chi connectivity index (χ3v) is 3.15. The molecule has 17 heavy (non-hydrogen) atoms. The van der Waals surface area contributed by atoms with Crippen molar-refractivity contribution >= 4 is 28.0 Å². The maximum Gasteiger partial charge on any atom is 0.139 e. The normalized spacial score (nSPS) is 13.9. The van der Waals surface area contributed by atoms with Crippen LogP contribution in [0.1, 0.15) is 5.56 Å². The summed E-state index contributed by atoms with van der Waals surface area (Å²) in [5.74, 6) is 0.940. The van der Waals surface area contributed by atoms with Gasteiger partial charge in [0.25, 0.3) is 0 Å². The SMILES string of the molecule is C1=Cc2ccc3oc4ccccc4c3c2OC1. The number of furan rings is 1. The summed E-state index contributed by atoms with van der Waals surface area (Å²) >= 11 is 0. The predicted octanol–water partition coefficient (Wildman–Crippen LogP) is 3.99. The fourth-order valence-corrected chi connectivity index (χ4v) is 2.39. The van der Waals surface area contributed by atoms with Gasteiger partial charge < -0.3 is 9.15 Å². The Hall–Kier alpha value is -2.22. The topological polar surface area (TPSA) is 22.4 Å². The highest BCUT2D eigenvalue weighted by Crippen LogP contribution is 2.39. The van der Waals surface area contributed by atoms with Crippen LogP contribution in [0.25, 0.3) is 28.0 Å². The number of para-hydroxylation sites is 1. The van der Waals surface area contributed by atoms with Crippen molar-refractivity contribution in [2.45, 2.75) is 0 Å². The molecule has 0 amide bonds. The lowest BCUT2D eigenvalue weighted by molar-refractivity contribution is 0.363. The first kappa shape index (κ1) is 8.88. The summed E-state index contributed by atoms with van der Waals surface area (Å²) in [4.78, 5) is 0. The first-order valence-corrected chi connectivity index (χ1v) is 5.67. The van der Waals surface area contributed by atoms with E-state index in [0.717, 1.165) is 33.3 Å². The van der Waals surface area contributed by atoms with E-state index in [9.17, 15) is 0 Å². The monoisotopic (exact) mass is 222 g/mol. The van der Waals surface area contributed by atoms with Gasteiger partial charge in [0.15, 0.2) is 0 Å². The van der Waals surface area contributed by atoms with E-state index >= 15 is 0 Å². The standard InChI is InChI=1S/C15H10O2/c1-2-6-12-11(5-1)14-13(17-12)8-7-10-4-3-9-16-15(10)14/h1-8H,9H2. The van der Waals surface area contributed by atoms with Crippen molar-refractivity contribution in [1.29, 1.82) is 0 Å². The molecule has 3 aromatic rings. The van der Waals surface area contributed by atoms with Crippen LogP contribution >= 0.6 is 0 Å². The van der Waals surface area contributed by atoms with Crippen LogP contribution in [0, 0.1) is 0 Å². The molecule has 0 radical (unpaired) electrons. The second kappa shape index (κ2) is 3.14. The van der Waals surface area contributed by atoms with Crippen molar-refractivity contribution in [3.63, 3.8) is 0 Å². The maximum absolute atomic E-state index is 5.81. The van der Waals surface area contributed by atoms with Gasteiger partial charge in [-0.2, -0.15) is 0 Å². The Labute approximate surface area is 98.1 Å². The lowest BCUT2D eigenvalue weighted by Gasteiger charge is -2.12. The molecule has 0 spiro atoms. The Bertz CT molecular complexity index is 750. The summed E-state index contributed by atoms with van der Waals surface area (Å²) in [7, 11) is 0. The second-order valence-corrected chi connectivity index (χ2v) is 4.17. The largest absolute Gasteiger partial charge is 0.488 e. The van der Waals surface area contributed by atoms with Crippen LogP contribution in [-0.2, 0) is 0 Å². The van der Waals surface area contributed by atoms with Crippen molar-refractivity contribution in [2.75, 3.05) is 6.61 Å². The van der Waals surface area contributed by atoms with E-state index in [2.05, 4.69) is 12.1 Å². The van der Waals surface area contributed by atoms with E-state index in [1.807, 2.05) is 36.4 Å². The van der Waals surface area contributed by atoms with Crippen LogP contribution < -0.4 is 4.74 Å². The van der Waals surface area contributed by atoms with Crippen LogP contribution in [0.3, 0.4) is 0 Å². The van der Waals surface area contributed by atoms with E-state index in [-0.39, 0.29) is 0 Å². The highest BCUT2D eigenvalue weighted by molar-refractivity contribution is 6.09. The van der Waals surface area contributed by atoms with Gasteiger partial charge in [-0.1, -0.05) is 24.3 Å². The van der Waals surface area contributed by atoms with E-state index in [4.69, 9.17) is 9.15 Å². The van der Waals surface area contributed by atoms with Crippen LogP contribution in [0.5, 0.6) is 5.75 Å². The van der Waals surface area contributed by atoms with E-state index in [1.54, 1.807) is 0 Å². The summed E-state index contributed by atoms with van der Waals surface area (Å²) in [6, 6.07) is 12.1. The molecule has 0 atom stereocenters. The third-order valence-electron chi connectivity index (χ3n) is 3.15. The average molecular weight is 222 g/mol. The van der Waals surface area contributed by atoms with Gasteiger partial charge in [-0.15, -0.1) is 0 Å². The van der Waals surface area contributed by atoms with Crippen molar-refractivity contribution in [3.05, 3.63) is 48.0 Å². The van der Waals surface area contributed by atoms with Gasteiger partial charge in [0.05, 0.1) is 5.39 Å². The number of ether oxygens (including phenoxy) is 1. The lowest BCUT2D eigenvalue weighted by atomic mass is 10.1. The molecular weight excluding hydrogens is 212 g/mol. The number of fused-ring (bicyclic) bond motifs is 5. The molecule has 0 saturated heterocycles. The molecule has 4 rings (SSSR count). The number of rotatable bonds is 0. The van der Waals surface area contributed by atoms with Crippen molar-refractivity contribution in [3.8, 4) is 5.75 Å².